The molecule has 3 aromatic rings. The van der Waals surface area contributed by atoms with Crippen molar-refractivity contribution in [2.75, 3.05) is 18.1 Å². The molecule has 0 aliphatic heterocycles. The standard InChI is InChI=1S/C15H15N7O2/c1-8-4-3-5-9(6-8)19-15(24)11-12(16)22-13(21-20-11)10(7-18-22)14(23)17-2/h3-7H,16H2,1-2H3,(H,17,23)(H,19,24). The lowest BCUT2D eigenvalue weighted by atomic mass is 10.2. The predicted octanol–water partition coefficient (Wildman–Crippen LogP) is 0.627. The lowest BCUT2D eigenvalue weighted by Gasteiger charge is -2.08. The van der Waals surface area contributed by atoms with Crippen LogP contribution in [0.4, 0.5) is 11.5 Å². The van der Waals surface area contributed by atoms with Crippen molar-refractivity contribution in [1.29, 1.82) is 0 Å². The van der Waals surface area contributed by atoms with Gasteiger partial charge in [-0.2, -0.15) is 9.61 Å². The van der Waals surface area contributed by atoms with Crippen molar-refractivity contribution in [3.8, 4) is 0 Å². The van der Waals surface area contributed by atoms with Crippen molar-refractivity contribution in [3.63, 3.8) is 0 Å². The SMILES string of the molecule is CNC(=O)c1cnn2c(N)c(C(=O)Nc3cccc(C)c3)nnc12. The number of aryl methyl sites for hydroxylation is 1. The summed E-state index contributed by atoms with van der Waals surface area (Å²) in [5.74, 6) is -0.875. The van der Waals surface area contributed by atoms with Gasteiger partial charge in [0.25, 0.3) is 11.8 Å². The van der Waals surface area contributed by atoms with Crippen LogP contribution < -0.4 is 16.4 Å². The summed E-state index contributed by atoms with van der Waals surface area (Å²) in [7, 11) is 1.49. The lowest BCUT2D eigenvalue weighted by Crippen LogP contribution is -2.21. The van der Waals surface area contributed by atoms with E-state index in [4.69, 9.17) is 5.73 Å². The molecule has 0 aliphatic rings. The van der Waals surface area contributed by atoms with Crippen LogP contribution in [-0.4, -0.2) is 38.7 Å². The quantitative estimate of drug-likeness (QED) is 0.648. The maximum absolute atomic E-state index is 12.4. The predicted molar refractivity (Wildman–Crippen MR) is 87.7 cm³/mol. The minimum absolute atomic E-state index is 0.000283. The first kappa shape index (κ1) is 15.4. The van der Waals surface area contributed by atoms with Crippen LogP contribution in [0.2, 0.25) is 0 Å². The van der Waals surface area contributed by atoms with Gasteiger partial charge in [-0.25, -0.2) is 0 Å². The highest BCUT2D eigenvalue weighted by atomic mass is 16.2. The summed E-state index contributed by atoms with van der Waals surface area (Å²) in [6.07, 6.45) is 1.32. The highest BCUT2D eigenvalue weighted by molar-refractivity contribution is 6.06. The van der Waals surface area contributed by atoms with Crippen LogP contribution in [0.15, 0.2) is 30.5 Å². The average Bonchev–Trinajstić information content (AvgIpc) is 2.99. The summed E-state index contributed by atoms with van der Waals surface area (Å²) < 4.78 is 1.21. The summed E-state index contributed by atoms with van der Waals surface area (Å²) in [4.78, 5) is 24.1. The van der Waals surface area contributed by atoms with Gasteiger partial charge in [-0.05, 0) is 24.6 Å². The molecule has 9 heteroatoms. The molecule has 0 radical (unpaired) electrons. The molecule has 1 aromatic carbocycles. The molecular weight excluding hydrogens is 310 g/mol. The van der Waals surface area contributed by atoms with E-state index in [9.17, 15) is 9.59 Å². The summed E-state index contributed by atoms with van der Waals surface area (Å²) in [6.45, 7) is 1.92. The molecule has 0 saturated heterocycles. The minimum Gasteiger partial charge on any atom is -0.382 e. The van der Waals surface area contributed by atoms with E-state index in [1.165, 1.54) is 17.8 Å². The molecule has 0 unspecified atom stereocenters. The molecule has 2 amide bonds. The molecule has 24 heavy (non-hydrogen) atoms. The first-order chi connectivity index (χ1) is 11.5. The van der Waals surface area contributed by atoms with Gasteiger partial charge >= 0.3 is 0 Å². The zero-order valence-corrected chi connectivity index (χ0v) is 13.1. The van der Waals surface area contributed by atoms with Crippen molar-refractivity contribution < 1.29 is 9.59 Å². The van der Waals surface area contributed by atoms with E-state index in [-0.39, 0.29) is 28.6 Å². The number of carbonyl (C=O) groups excluding carboxylic acids is 2. The van der Waals surface area contributed by atoms with Gasteiger partial charge in [0.1, 0.15) is 5.56 Å². The number of nitrogens with one attached hydrogen (secondary N) is 2. The maximum atomic E-state index is 12.4. The van der Waals surface area contributed by atoms with Gasteiger partial charge in [-0.15, -0.1) is 10.2 Å². The molecule has 3 rings (SSSR count). The van der Waals surface area contributed by atoms with Crippen LogP contribution in [0.3, 0.4) is 0 Å². The number of anilines is 2. The summed E-state index contributed by atoms with van der Waals surface area (Å²) in [6, 6.07) is 7.31. The van der Waals surface area contributed by atoms with Gasteiger partial charge in [0.15, 0.2) is 17.2 Å². The Labute approximate surface area is 136 Å². The van der Waals surface area contributed by atoms with Crippen LogP contribution in [0.25, 0.3) is 5.65 Å². The Hall–Kier alpha value is -3.49. The Kier molecular flexibility index (Phi) is 3.82. The molecule has 2 aromatic heterocycles. The van der Waals surface area contributed by atoms with Crippen molar-refractivity contribution in [2.24, 2.45) is 0 Å². The van der Waals surface area contributed by atoms with Crippen molar-refractivity contribution in [3.05, 3.63) is 47.3 Å². The molecule has 0 bridgehead atoms. The first-order valence-corrected chi connectivity index (χ1v) is 7.11. The topological polar surface area (TPSA) is 127 Å². The summed E-state index contributed by atoms with van der Waals surface area (Å²) in [5, 5.41) is 16.9. The number of nitrogens with zero attached hydrogens (tertiary/aromatic N) is 4. The van der Waals surface area contributed by atoms with E-state index in [1.807, 2.05) is 25.1 Å². The molecule has 0 aliphatic carbocycles. The average molecular weight is 325 g/mol. The number of nitrogens with two attached hydrogens (primary N) is 1. The highest BCUT2D eigenvalue weighted by Crippen LogP contribution is 2.16. The fourth-order valence-corrected chi connectivity index (χ4v) is 2.23. The lowest BCUT2D eigenvalue weighted by molar-refractivity contribution is 0.0963. The number of fused-ring (bicyclic) bond motifs is 1. The highest BCUT2D eigenvalue weighted by Gasteiger charge is 2.20. The smallest absolute Gasteiger partial charge is 0.280 e. The van der Waals surface area contributed by atoms with Crippen LogP contribution in [0, 0.1) is 6.92 Å². The molecule has 0 spiro atoms. The number of carbonyl (C=O) groups is 2. The Morgan fingerprint density at radius 3 is 2.71 bits per heavy atom. The van der Waals surface area contributed by atoms with Crippen molar-refractivity contribution >= 4 is 29.0 Å². The van der Waals surface area contributed by atoms with Crippen molar-refractivity contribution in [1.82, 2.24) is 25.1 Å². The third-order valence-electron chi connectivity index (χ3n) is 3.42. The Balaban J connectivity index is 1.97. The van der Waals surface area contributed by atoms with E-state index in [2.05, 4.69) is 25.9 Å². The largest absolute Gasteiger partial charge is 0.382 e. The zero-order chi connectivity index (χ0) is 17.3. The Morgan fingerprint density at radius 2 is 2.00 bits per heavy atom. The second-order valence-electron chi connectivity index (χ2n) is 5.13. The van der Waals surface area contributed by atoms with Gasteiger partial charge in [0.2, 0.25) is 0 Å². The second kappa shape index (κ2) is 5.95. The number of benzene rings is 1. The van der Waals surface area contributed by atoms with E-state index in [1.54, 1.807) is 6.07 Å². The van der Waals surface area contributed by atoms with Gasteiger partial charge in [0.05, 0.1) is 6.20 Å². The molecule has 4 N–H and O–H groups in total. The third kappa shape index (κ3) is 2.62. The molecule has 122 valence electrons. The van der Waals surface area contributed by atoms with Crippen molar-refractivity contribution in [2.45, 2.75) is 6.92 Å². The molecule has 0 fully saturated rings. The Bertz CT molecular complexity index is 948. The summed E-state index contributed by atoms with van der Waals surface area (Å²) in [5.41, 5.74) is 7.92. The van der Waals surface area contributed by atoms with E-state index < -0.39 is 5.91 Å². The fourth-order valence-electron chi connectivity index (χ4n) is 2.23. The third-order valence-corrected chi connectivity index (χ3v) is 3.42. The maximum Gasteiger partial charge on any atom is 0.280 e. The van der Waals surface area contributed by atoms with E-state index in [0.29, 0.717) is 5.69 Å². The van der Waals surface area contributed by atoms with E-state index >= 15 is 0 Å². The van der Waals surface area contributed by atoms with Crippen LogP contribution in [-0.2, 0) is 0 Å². The Morgan fingerprint density at radius 1 is 1.21 bits per heavy atom. The number of rotatable bonds is 3. The number of nitrogen functional groups attached to an aromatic ring is 1. The second-order valence-corrected chi connectivity index (χ2v) is 5.13. The number of amides is 2. The monoisotopic (exact) mass is 325 g/mol. The number of hydrogen-bond acceptors (Lipinski definition) is 6. The van der Waals surface area contributed by atoms with Crippen LogP contribution in [0.1, 0.15) is 26.4 Å². The fraction of sp³-hybridized carbons (Fsp3) is 0.133. The number of hydrogen-bond donors (Lipinski definition) is 3. The molecule has 0 atom stereocenters. The van der Waals surface area contributed by atoms with Crippen LogP contribution in [0.5, 0.6) is 0 Å². The first-order valence-electron chi connectivity index (χ1n) is 7.11. The van der Waals surface area contributed by atoms with Gasteiger partial charge in [-0.3, -0.25) is 9.59 Å². The van der Waals surface area contributed by atoms with E-state index in [0.717, 1.165) is 5.56 Å². The normalized spacial score (nSPS) is 10.6. The van der Waals surface area contributed by atoms with Gasteiger partial charge in [0, 0.05) is 12.7 Å². The molecule has 2 heterocycles. The number of aromatic nitrogens is 4. The molecular formula is C15H15N7O2. The van der Waals surface area contributed by atoms with Crippen LogP contribution >= 0.6 is 0 Å². The molecule has 0 saturated carbocycles. The summed E-state index contributed by atoms with van der Waals surface area (Å²) >= 11 is 0. The zero-order valence-electron chi connectivity index (χ0n) is 13.1. The van der Waals surface area contributed by atoms with Gasteiger partial charge in [-0.1, -0.05) is 12.1 Å². The van der Waals surface area contributed by atoms with Gasteiger partial charge < -0.3 is 16.4 Å². The minimum atomic E-state index is -0.510. The molecule has 9 nitrogen and oxygen atoms in total.